The van der Waals surface area contributed by atoms with Crippen LogP contribution >= 0.6 is 11.6 Å². The van der Waals surface area contributed by atoms with Crippen molar-refractivity contribution in [1.82, 2.24) is 4.57 Å². The summed E-state index contributed by atoms with van der Waals surface area (Å²) in [6.45, 7) is 2.34. The zero-order valence-electron chi connectivity index (χ0n) is 17.4. The number of halogens is 1. The minimum Gasteiger partial charge on any atom is -0.312 e. The second-order valence-electron chi connectivity index (χ2n) is 7.65. The lowest BCUT2D eigenvalue weighted by Crippen LogP contribution is -2.33. The van der Waals surface area contributed by atoms with Gasteiger partial charge in [-0.15, -0.1) is 0 Å². The molecule has 0 bridgehead atoms. The minimum absolute atomic E-state index is 0.0690. The van der Waals surface area contributed by atoms with Gasteiger partial charge in [0.2, 0.25) is 5.91 Å². The van der Waals surface area contributed by atoms with Gasteiger partial charge in [0.05, 0.1) is 17.1 Å². The van der Waals surface area contributed by atoms with Gasteiger partial charge in [-0.3, -0.25) is 14.3 Å². The van der Waals surface area contributed by atoms with Gasteiger partial charge in [-0.25, -0.2) is 8.42 Å². The van der Waals surface area contributed by atoms with E-state index in [9.17, 15) is 18.0 Å². The average molecular weight is 472 g/mol. The van der Waals surface area contributed by atoms with E-state index in [1.807, 2.05) is 12.1 Å². The molecular weight excluding hydrogens is 450 g/mol. The molecule has 9 heteroatoms. The Balaban J connectivity index is 1.61. The lowest BCUT2D eigenvalue weighted by atomic mass is 10.0. The highest BCUT2D eigenvalue weighted by molar-refractivity contribution is 7.92. The van der Waals surface area contributed by atoms with Crippen LogP contribution in [0.15, 0.2) is 70.5 Å². The first-order valence-electron chi connectivity index (χ1n) is 10.1. The third-order valence-electron chi connectivity index (χ3n) is 5.39. The fourth-order valence-electron chi connectivity index (χ4n) is 3.81. The van der Waals surface area contributed by atoms with Gasteiger partial charge in [0.1, 0.15) is 0 Å². The predicted molar refractivity (Wildman–Crippen MR) is 125 cm³/mol. The fraction of sp³-hybridized carbons (Fsp3) is 0.217. The molecule has 0 saturated carbocycles. The molecule has 4 rings (SSSR count). The van der Waals surface area contributed by atoms with Crippen LogP contribution in [0.5, 0.6) is 0 Å². The van der Waals surface area contributed by atoms with Crippen LogP contribution in [-0.4, -0.2) is 25.4 Å². The van der Waals surface area contributed by atoms with E-state index in [1.165, 1.54) is 35.9 Å². The van der Waals surface area contributed by atoms with Gasteiger partial charge in [0.15, 0.2) is 0 Å². The Morgan fingerprint density at radius 2 is 1.91 bits per heavy atom. The molecule has 32 heavy (non-hydrogen) atoms. The summed E-state index contributed by atoms with van der Waals surface area (Å²) in [5.74, 6) is -0.0690. The smallest absolute Gasteiger partial charge is 0.261 e. The summed E-state index contributed by atoms with van der Waals surface area (Å²) in [5, 5.41) is 0.527. The van der Waals surface area contributed by atoms with Gasteiger partial charge >= 0.3 is 0 Å². The Bertz CT molecular complexity index is 1350. The Morgan fingerprint density at radius 3 is 2.66 bits per heavy atom. The van der Waals surface area contributed by atoms with Crippen molar-refractivity contribution in [3.8, 4) is 0 Å². The maximum atomic E-state index is 13.0. The van der Waals surface area contributed by atoms with Gasteiger partial charge < -0.3 is 9.47 Å². The molecule has 1 aliphatic rings. The van der Waals surface area contributed by atoms with Crippen molar-refractivity contribution in [2.45, 2.75) is 31.2 Å². The zero-order valence-corrected chi connectivity index (χ0v) is 19.0. The van der Waals surface area contributed by atoms with Gasteiger partial charge in [-0.2, -0.15) is 0 Å². The van der Waals surface area contributed by atoms with Crippen LogP contribution in [0.4, 0.5) is 11.4 Å². The SMILES string of the molecule is CC(=O)N1CCCc2cc(S(=O)(=O)Nc3ccc(=O)n(Cc4ccccc4Cl)c3)ccc21. The number of hydrogen-bond donors (Lipinski definition) is 1. The number of amides is 1. The van der Waals surface area contributed by atoms with Gasteiger partial charge in [0.25, 0.3) is 15.6 Å². The molecule has 1 amide bonds. The van der Waals surface area contributed by atoms with E-state index in [-0.39, 0.29) is 28.6 Å². The number of pyridine rings is 1. The lowest BCUT2D eigenvalue weighted by molar-refractivity contribution is -0.116. The van der Waals surface area contributed by atoms with Crippen molar-refractivity contribution in [2.24, 2.45) is 0 Å². The predicted octanol–water partition coefficient (Wildman–Crippen LogP) is 3.65. The number of anilines is 2. The van der Waals surface area contributed by atoms with E-state index >= 15 is 0 Å². The van der Waals surface area contributed by atoms with E-state index in [0.29, 0.717) is 18.0 Å². The molecule has 1 aliphatic heterocycles. The first kappa shape index (κ1) is 22.1. The van der Waals surface area contributed by atoms with Gasteiger partial charge in [-0.1, -0.05) is 29.8 Å². The Labute approximate surface area is 191 Å². The number of sulfonamides is 1. The van der Waals surface area contributed by atoms with Crippen LogP contribution in [0.25, 0.3) is 0 Å². The van der Waals surface area contributed by atoms with Crippen LogP contribution < -0.4 is 15.2 Å². The quantitative estimate of drug-likeness (QED) is 0.615. The number of fused-ring (bicyclic) bond motifs is 1. The number of hydrogen-bond acceptors (Lipinski definition) is 4. The third-order valence-corrected chi connectivity index (χ3v) is 7.14. The van der Waals surface area contributed by atoms with Crippen LogP contribution in [0.2, 0.25) is 5.02 Å². The number of aromatic nitrogens is 1. The summed E-state index contributed by atoms with van der Waals surface area (Å²) in [4.78, 5) is 25.9. The number of carbonyl (C=O) groups excluding carboxylic acids is 1. The average Bonchev–Trinajstić information content (AvgIpc) is 2.76. The molecule has 2 heterocycles. The molecule has 2 aromatic carbocycles. The minimum atomic E-state index is -3.89. The van der Waals surface area contributed by atoms with Gasteiger partial charge in [0, 0.05) is 36.4 Å². The van der Waals surface area contributed by atoms with Crippen molar-refractivity contribution in [3.05, 3.63) is 87.3 Å². The van der Waals surface area contributed by atoms with Crippen LogP contribution in [-0.2, 0) is 27.8 Å². The van der Waals surface area contributed by atoms with E-state index < -0.39 is 10.0 Å². The highest BCUT2D eigenvalue weighted by atomic mass is 35.5. The molecule has 166 valence electrons. The highest BCUT2D eigenvalue weighted by Gasteiger charge is 2.23. The largest absolute Gasteiger partial charge is 0.312 e. The van der Waals surface area contributed by atoms with Crippen molar-refractivity contribution < 1.29 is 13.2 Å². The maximum absolute atomic E-state index is 13.0. The molecule has 7 nitrogen and oxygen atoms in total. The van der Waals surface area contributed by atoms with Crippen LogP contribution in [0.1, 0.15) is 24.5 Å². The topological polar surface area (TPSA) is 88.5 Å². The normalized spacial score (nSPS) is 13.5. The fourth-order valence-corrected chi connectivity index (χ4v) is 5.10. The highest BCUT2D eigenvalue weighted by Crippen LogP contribution is 2.30. The second-order valence-corrected chi connectivity index (χ2v) is 9.74. The van der Waals surface area contributed by atoms with Crippen molar-refractivity contribution in [2.75, 3.05) is 16.2 Å². The first-order valence-corrected chi connectivity index (χ1v) is 12.0. The van der Waals surface area contributed by atoms with Crippen molar-refractivity contribution in [1.29, 1.82) is 0 Å². The molecule has 0 atom stereocenters. The van der Waals surface area contributed by atoms with E-state index in [2.05, 4.69) is 4.72 Å². The monoisotopic (exact) mass is 471 g/mol. The molecule has 0 spiro atoms. The third kappa shape index (κ3) is 4.56. The molecule has 0 unspecified atom stereocenters. The van der Waals surface area contributed by atoms with Crippen LogP contribution in [0, 0.1) is 0 Å². The summed E-state index contributed by atoms with van der Waals surface area (Å²) in [7, 11) is -3.89. The number of rotatable bonds is 5. The number of benzene rings is 2. The van der Waals surface area contributed by atoms with Crippen molar-refractivity contribution >= 4 is 38.9 Å². The molecule has 3 aromatic rings. The Kier molecular flexibility index (Phi) is 6.08. The molecule has 0 aliphatic carbocycles. The van der Waals surface area contributed by atoms with Gasteiger partial charge in [-0.05, 0) is 54.3 Å². The molecule has 0 saturated heterocycles. The molecule has 0 radical (unpaired) electrons. The van der Waals surface area contributed by atoms with Crippen LogP contribution in [0.3, 0.4) is 0 Å². The number of carbonyl (C=O) groups is 1. The standard InChI is InChI=1S/C23H22ClN3O4S/c1-16(28)27-12-4-6-17-13-20(9-10-22(17)27)32(30,31)25-19-8-11-23(29)26(15-19)14-18-5-2-3-7-21(18)24/h2-3,5,7-11,13,15,25H,4,6,12,14H2,1H3. The summed E-state index contributed by atoms with van der Waals surface area (Å²) >= 11 is 6.19. The van der Waals surface area contributed by atoms with E-state index in [0.717, 1.165) is 23.2 Å². The number of nitrogens with one attached hydrogen (secondary N) is 1. The Hall–Kier alpha value is -3.10. The van der Waals surface area contributed by atoms with E-state index in [4.69, 9.17) is 11.6 Å². The summed E-state index contributed by atoms with van der Waals surface area (Å²) in [5.41, 5.74) is 2.31. The second kappa shape index (κ2) is 8.80. The molecular formula is C23H22ClN3O4S. The number of aryl methyl sites for hydroxylation is 1. The van der Waals surface area contributed by atoms with E-state index in [1.54, 1.807) is 29.2 Å². The summed E-state index contributed by atoms with van der Waals surface area (Å²) in [6, 6.07) is 14.7. The lowest BCUT2D eigenvalue weighted by Gasteiger charge is -2.28. The maximum Gasteiger partial charge on any atom is 0.261 e. The van der Waals surface area contributed by atoms with Crippen molar-refractivity contribution in [3.63, 3.8) is 0 Å². The first-order chi connectivity index (χ1) is 15.2. The molecule has 1 N–H and O–H groups in total. The summed E-state index contributed by atoms with van der Waals surface area (Å²) < 4.78 is 30.0. The number of nitrogens with zero attached hydrogens (tertiary/aromatic N) is 2. The molecule has 0 fully saturated rings. The molecule has 1 aromatic heterocycles. The zero-order chi connectivity index (χ0) is 22.9. The summed E-state index contributed by atoms with van der Waals surface area (Å²) in [6.07, 6.45) is 2.93. The Morgan fingerprint density at radius 1 is 1.12 bits per heavy atom.